The Morgan fingerprint density at radius 1 is 0.957 bits per heavy atom. The summed E-state index contributed by atoms with van der Waals surface area (Å²) in [6.07, 6.45) is 4.46. The number of methoxy groups -OCH3 is 2. The van der Waals surface area contributed by atoms with Gasteiger partial charge in [-0.2, -0.15) is 0 Å². The molecular formula is C34H44N2O9S. The molecule has 2 unspecified atom stereocenters. The third kappa shape index (κ3) is 12.7. The Morgan fingerprint density at radius 2 is 1.61 bits per heavy atom. The van der Waals surface area contributed by atoms with E-state index >= 15 is 0 Å². The number of rotatable bonds is 19. The van der Waals surface area contributed by atoms with E-state index < -0.39 is 41.1 Å². The number of thioether (sulfide) groups is 1. The molecule has 0 radical (unpaired) electrons. The summed E-state index contributed by atoms with van der Waals surface area (Å²) in [5.41, 5.74) is 1.82. The highest BCUT2D eigenvalue weighted by atomic mass is 32.2. The third-order valence-electron chi connectivity index (χ3n) is 7.01. The highest BCUT2D eigenvalue weighted by Gasteiger charge is 2.46. The molecule has 12 heteroatoms. The van der Waals surface area contributed by atoms with Gasteiger partial charge in [0.1, 0.15) is 24.6 Å². The number of aryl methyl sites for hydroxylation is 1. The van der Waals surface area contributed by atoms with E-state index in [0.29, 0.717) is 18.6 Å². The van der Waals surface area contributed by atoms with E-state index in [-0.39, 0.29) is 31.9 Å². The summed E-state index contributed by atoms with van der Waals surface area (Å²) in [7, 11) is 4.37. The van der Waals surface area contributed by atoms with E-state index in [0.717, 1.165) is 27.8 Å². The van der Waals surface area contributed by atoms with Crippen LogP contribution in [-0.2, 0) is 44.5 Å². The maximum Gasteiger partial charge on any atom is 0.349 e. The number of carbonyl (C=O) groups is 4. The highest BCUT2D eigenvalue weighted by Crippen LogP contribution is 2.40. The standard InChI is InChI=1S/C34H44N2O9S/c1-8-19-43-27-13-11-26(12-14-27)20-32(39)36-22-28(44-24(3)37)15-18-30(35-5)31(45-25(4)38)21-34(42-7,33(40)41-6)46-29-16-9-23(2)10-17-29/h1,9-14,16-17,28,30-31,35H,15,18-22H2,2-7H3,(H,36,39)/t28?,30?,31-,34+/m0/s1. The fourth-order valence-corrected chi connectivity index (χ4v) is 5.84. The first-order valence-corrected chi connectivity index (χ1v) is 15.6. The van der Waals surface area contributed by atoms with Gasteiger partial charge in [0.2, 0.25) is 10.8 Å². The molecule has 0 heterocycles. The van der Waals surface area contributed by atoms with E-state index in [4.69, 9.17) is 30.1 Å². The minimum Gasteiger partial charge on any atom is -0.481 e. The Hall–Kier alpha value is -4.05. The van der Waals surface area contributed by atoms with Crippen molar-refractivity contribution in [2.75, 3.05) is 34.4 Å². The molecule has 11 nitrogen and oxygen atoms in total. The van der Waals surface area contributed by atoms with E-state index in [9.17, 15) is 19.2 Å². The normalized spacial score (nSPS) is 14.0. The molecule has 0 aliphatic carbocycles. The monoisotopic (exact) mass is 656 g/mol. The first-order chi connectivity index (χ1) is 21.9. The summed E-state index contributed by atoms with van der Waals surface area (Å²) >= 11 is 1.16. The van der Waals surface area contributed by atoms with E-state index in [2.05, 4.69) is 16.6 Å². The average Bonchev–Trinajstić information content (AvgIpc) is 3.03. The van der Waals surface area contributed by atoms with Crippen molar-refractivity contribution in [1.29, 1.82) is 0 Å². The zero-order valence-corrected chi connectivity index (χ0v) is 28.1. The van der Waals surface area contributed by atoms with Gasteiger partial charge in [0.25, 0.3) is 0 Å². The van der Waals surface area contributed by atoms with Crippen molar-refractivity contribution in [1.82, 2.24) is 10.6 Å². The van der Waals surface area contributed by atoms with Crippen molar-refractivity contribution in [3.8, 4) is 18.1 Å². The lowest BCUT2D eigenvalue weighted by Gasteiger charge is -2.35. The fourth-order valence-electron chi connectivity index (χ4n) is 4.69. The maximum absolute atomic E-state index is 13.2. The Kier molecular flexibility index (Phi) is 16.1. The Bertz CT molecular complexity index is 1330. The second-order valence-corrected chi connectivity index (χ2v) is 11.9. The van der Waals surface area contributed by atoms with Gasteiger partial charge in [0, 0.05) is 38.3 Å². The van der Waals surface area contributed by atoms with Gasteiger partial charge in [-0.15, -0.1) is 6.42 Å². The van der Waals surface area contributed by atoms with E-state index in [1.165, 1.54) is 28.1 Å². The second kappa shape index (κ2) is 19.5. The second-order valence-electron chi connectivity index (χ2n) is 10.5. The number of hydrogen-bond donors (Lipinski definition) is 2. The average molecular weight is 657 g/mol. The van der Waals surface area contributed by atoms with Crippen molar-refractivity contribution >= 4 is 35.6 Å². The summed E-state index contributed by atoms with van der Waals surface area (Å²) in [5, 5.41) is 5.99. The van der Waals surface area contributed by atoms with Crippen molar-refractivity contribution in [3.63, 3.8) is 0 Å². The minimum absolute atomic E-state index is 0.0403. The fraction of sp³-hybridized carbons (Fsp3) is 0.471. The molecule has 0 aliphatic heterocycles. The summed E-state index contributed by atoms with van der Waals surface area (Å²) in [6.45, 7) is 4.76. The molecule has 2 aromatic carbocycles. The van der Waals surface area contributed by atoms with Crippen molar-refractivity contribution in [2.45, 2.75) is 74.5 Å². The van der Waals surface area contributed by atoms with Crippen LogP contribution in [0.25, 0.3) is 0 Å². The van der Waals surface area contributed by atoms with Crippen LogP contribution >= 0.6 is 11.8 Å². The number of ether oxygens (including phenoxy) is 5. The molecule has 46 heavy (non-hydrogen) atoms. The van der Waals surface area contributed by atoms with Crippen LogP contribution in [0.2, 0.25) is 0 Å². The number of benzene rings is 2. The molecule has 0 aromatic heterocycles. The van der Waals surface area contributed by atoms with Crippen LogP contribution in [0.15, 0.2) is 53.4 Å². The van der Waals surface area contributed by atoms with Crippen LogP contribution < -0.4 is 15.4 Å². The first-order valence-electron chi connectivity index (χ1n) is 14.8. The summed E-state index contributed by atoms with van der Waals surface area (Å²) in [4.78, 5) is 49.2. The zero-order chi connectivity index (χ0) is 34.1. The van der Waals surface area contributed by atoms with E-state index in [1.807, 2.05) is 31.2 Å². The van der Waals surface area contributed by atoms with Gasteiger partial charge in [-0.3, -0.25) is 14.4 Å². The molecule has 0 aliphatic rings. The molecule has 2 rings (SSSR count). The predicted molar refractivity (Wildman–Crippen MR) is 174 cm³/mol. The van der Waals surface area contributed by atoms with Crippen LogP contribution in [-0.4, -0.2) is 81.4 Å². The van der Waals surface area contributed by atoms with E-state index in [1.54, 1.807) is 31.3 Å². The number of amides is 1. The Morgan fingerprint density at radius 3 is 2.15 bits per heavy atom. The number of esters is 3. The lowest BCUT2D eigenvalue weighted by Crippen LogP contribution is -2.49. The predicted octanol–water partition coefficient (Wildman–Crippen LogP) is 3.60. The third-order valence-corrected chi connectivity index (χ3v) is 8.34. The van der Waals surface area contributed by atoms with Gasteiger partial charge in [0.15, 0.2) is 0 Å². The smallest absolute Gasteiger partial charge is 0.349 e. The first kappa shape index (κ1) is 38.1. The summed E-state index contributed by atoms with van der Waals surface area (Å²) in [6, 6.07) is 14.1. The number of carbonyl (C=O) groups excluding carboxylic acids is 4. The molecule has 250 valence electrons. The maximum atomic E-state index is 13.2. The molecule has 0 saturated heterocycles. The number of terminal acetylenes is 1. The molecule has 1 amide bonds. The quantitative estimate of drug-likeness (QED) is 0.0754. The molecule has 4 atom stereocenters. The summed E-state index contributed by atoms with van der Waals surface area (Å²) < 4.78 is 27.5. The van der Waals surface area contributed by atoms with Gasteiger partial charge in [0.05, 0.1) is 20.1 Å². The van der Waals surface area contributed by atoms with Crippen LogP contribution in [0.1, 0.15) is 44.2 Å². The van der Waals surface area contributed by atoms with Gasteiger partial charge in [-0.05, 0) is 56.6 Å². The topological polar surface area (TPSA) is 138 Å². The van der Waals surface area contributed by atoms with Crippen LogP contribution in [0, 0.1) is 19.3 Å². The molecule has 0 saturated carbocycles. The van der Waals surface area contributed by atoms with Gasteiger partial charge < -0.3 is 34.3 Å². The van der Waals surface area contributed by atoms with Gasteiger partial charge in [-0.25, -0.2) is 4.79 Å². The van der Waals surface area contributed by atoms with Crippen molar-refractivity contribution in [2.24, 2.45) is 0 Å². The lowest BCUT2D eigenvalue weighted by molar-refractivity contribution is -0.163. The van der Waals surface area contributed by atoms with Crippen molar-refractivity contribution in [3.05, 3.63) is 59.7 Å². The van der Waals surface area contributed by atoms with Gasteiger partial charge >= 0.3 is 17.9 Å². The number of hydrogen-bond acceptors (Lipinski definition) is 11. The highest BCUT2D eigenvalue weighted by molar-refractivity contribution is 8.01. The summed E-state index contributed by atoms with van der Waals surface area (Å²) in [5.74, 6) is 1.06. The number of nitrogens with one attached hydrogen (secondary N) is 2. The largest absolute Gasteiger partial charge is 0.481 e. The molecule has 2 aromatic rings. The molecule has 0 spiro atoms. The Labute approximate surface area is 275 Å². The molecule has 0 bridgehead atoms. The SMILES string of the molecule is C#CCOc1ccc(CC(=O)NCC(CCC(NC)[C@H](C[C@@](OC)(Sc2ccc(C)cc2)C(=O)OC)OC(C)=O)OC(C)=O)cc1. The van der Waals surface area contributed by atoms with Crippen LogP contribution in [0.5, 0.6) is 5.75 Å². The van der Waals surface area contributed by atoms with Crippen LogP contribution in [0.3, 0.4) is 0 Å². The molecular weight excluding hydrogens is 612 g/mol. The molecule has 2 N–H and O–H groups in total. The Balaban J connectivity index is 2.15. The van der Waals surface area contributed by atoms with Gasteiger partial charge in [-0.1, -0.05) is 47.5 Å². The molecule has 0 fully saturated rings. The minimum atomic E-state index is -1.53. The number of likely N-dealkylation sites (N-methyl/N-ethyl adjacent to an activating group) is 1. The zero-order valence-electron chi connectivity index (χ0n) is 27.3. The van der Waals surface area contributed by atoms with Crippen LogP contribution in [0.4, 0.5) is 0 Å². The lowest BCUT2D eigenvalue weighted by atomic mass is 9.97. The van der Waals surface area contributed by atoms with Crippen molar-refractivity contribution < 1.29 is 42.9 Å².